The minimum atomic E-state index is -3.67. The zero-order valence-corrected chi connectivity index (χ0v) is 22.8. The lowest BCUT2D eigenvalue weighted by Gasteiger charge is -2.36. The van der Waals surface area contributed by atoms with Gasteiger partial charge in [0.25, 0.3) is 0 Å². The van der Waals surface area contributed by atoms with Gasteiger partial charge in [-0.3, -0.25) is 4.79 Å². The van der Waals surface area contributed by atoms with Gasteiger partial charge in [-0.2, -0.15) is 19.2 Å². The Kier molecular flexibility index (Phi) is 8.09. The van der Waals surface area contributed by atoms with Gasteiger partial charge in [0.1, 0.15) is 23.1 Å². The molecule has 0 atom stereocenters. The van der Waals surface area contributed by atoms with Gasteiger partial charge in [-0.05, 0) is 44.1 Å². The number of ether oxygens (including phenoxy) is 1. The third-order valence-corrected chi connectivity index (χ3v) is 9.02. The molecule has 0 unspecified atom stereocenters. The molecular formula is C24H27F2N7O4S2. The van der Waals surface area contributed by atoms with Crippen LogP contribution in [0.3, 0.4) is 0 Å². The van der Waals surface area contributed by atoms with Crippen LogP contribution in [0, 0.1) is 11.6 Å². The molecule has 0 amide bonds. The van der Waals surface area contributed by atoms with Crippen molar-refractivity contribution in [3.8, 4) is 11.4 Å². The van der Waals surface area contributed by atoms with Gasteiger partial charge in [-0.25, -0.2) is 22.2 Å². The number of rotatable bonds is 8. The van der Waals surface area contributed by atoms with Crippen molar-refractivity contribution in [2.45, 2.75) is 42.7 Å². The smallest absolute Gasteiger partial charge is 0.316 e. The van der Waals surface area contributed by atoms with Crippen LogP contribution in [0.15, 0.2) is 40.5 Å². The molecule has 208 valence electrons. The number of thioether (sulfide) groups is 1. The Morgan fingerprint density at radius 1 is 1.05 bits per heavy atom. The second kappa shape index (κ2) is 11.5. The molecule has 0 radical (unpaired) electrons. The van der Waals surface area contributed by atoms with Crippen LogP contribution in [-0.2, 0) is 15.8 Å². The quantitative estimate of drug-likeness (QED) is 0.368. The van der Waals surface area contributed by atoms with E-state index in [0.717, 1.165) is 48.6 Å². The predicted molar refractivity (Wildman–Crippen MR) is 141 cm³/mol. The highest BCUT2D eigenvalue weighted by atomic mass is 32.2. The Hall–Kier alpha value is -3.17. The van der Waals surface area contributed by atoms with Gasteiger partial charge < -0.3 is 9.64 Å². The molecular weight excluding hydrogens is 552 g/mol. The highest BCUT2D eigenvalue weighted by Gasteiger charge is 2.31. The first-order chi connectivity index (χ1) is 18.7. The van der Waals surface area contributed by atoms with Crippen molar-refractivity contribution in [2.24, 2.45) is 0 Å². The highest BCUT2D eigenvalue weighted by Crippen LogP contribution is 2.30. The minimum Gasteiger partial charge on any atom is -0.483 e. The lowest BCUT2D eigenvalue weighted by molar-refractivity contribution is 0.205. The molecule has 2 aliphatic rings. The van der Waals surface area contributed by atoms with Gasteiger partial charge in [0.15, 0.2) is 0 Å². The fourth-order valence-electron chi connectivity index (χ4n) is 4.74. The topological polar surface area (TPSA) is 123 Å². The molecule has 1 aliphatic carbocycles. The summed E-state index contributed by atoms with van der Waals surface area (Å²) < 4.78 is 62.3. The van der Waals surface area contributed by atoms with Crippen LogP contribution in [0.1, 0.15) is 31.4 Å². The van der Waals surface area contributed by atoms with Crippen LogP contribution in [0.4, 0.5) is 14.5 Å². The molecule has 0 spiro atoms. The van der Waals surface area contributed by atoms with Crippen molar-refractivity contribution in [2.75, 3.05) is 37.3 Å². The van der Waals surface area contributed by atoms with E-state index in [-0.39, 0.29) is 49.5 Å². The summed E-state index contributed by atoms with van der Waals surface area (Å²) in [4.78, 5) is 19.6. The van der Waals surface area contributed by atoms with Gasteiger partial charge >= 0.3 is 5.56 Å². The summed E-state index contributed by atoms with van der Waals surface area (Å²) in [6.07, 6.45) is 7.92. The first kappa shape index (κ1) is 27.4. The predicted octanol–water partition coefficient (Wildman–Crippen LogP) is 2.39. The van der Waals surface area contributed by atoms with E-state index in [9.17, 15) is 22.0 Å². The van der Waals surface area contributed by atoms with Crippen molar-refractivity contribution in [1.29, 1.82) is 0 Å². The van der Waals surface area contributed by atoms with Crippen molar-refractivity contribution in [3.63, 3.8) is 0 Å². The Balaban J connectivity index is 1.38. The van der Waals surface area contributed by atoms with Crippen molar-refractivity contribution >= 4 is 27.5 Å². The van der Waals surface area contributed by atoms with Crippen molar-refractivity contribution < 1.29 is 21.9 Å². The second-order valence-electron chi connectivity index (χ2n) is 9.30. The number of aromatic nitrogens is 5. The summed E-state index contributed by atoms with van der Waals surface area (Å²) in [5, 5.41) is 12.2. The van der Waals surface area contributed by atoms with Crippen LogP contribution in [-0.4, -0.2) is 76.2 Å². The molecule has 2 fully saturated rings. The minimum absolute atomic E-state index is 0.0366. The number of piperazine rings is 1. The van der Waals surface area contributed by atoms with Crippen LogP contribution in [0.2, 0.25) is 0 Å². The molecule has 2 aromatic heterocycles. The molecule has 0 N–H and O–H groups in total. The Labute approximate surface area is 228 Å². The van der Waals surface area contributed by atoms with E-state index >= 15 is 0 Å². The molecule has 39 heavy (non-hydrogen) atoms. The van der Waals surface area contributed by atoms with E-state index in [0.29, 0.717) is 16.5 Å². The molecule has 11 nitrogen and oxygen atoms in total. The number of hydrogen-bond donors (Lipinski definition) is 0. The molecule has 1 saturated carbocycles. The van der Waals surface area contributed by atoms with Gasteiger partial charge in [0.05, 0.1) is 29.9 Å². The summed E-state index contributed by atoms with van der Waals surface area (Å²) in [7, 11) is -3.67. The van der Waals surface area contributed by atoms with Crippen molar-refractivity contribution in [3.05, 3.63) is 58.3 Å². The SMILES string of the molecule is CSc1nncc(CS(=O)(=O)N2CCN(c3cnn(-c4cc(F)cc(F)c4)c(=O)c3OC3CCCC3)CC2)n1. The molecule has 15 heteroatoms. The van der Waals surface area contributed by atoms with E-state index in [1.807, 2.05) is 4.90 Å². The molecule has 1 aromatic carbocycles. The van der Waals surface area contributed by atoms with Crippen LogP contribution in [0.5, 0.6) is 5.75 Å². The largest absolute Gasteiger partial charge is 0.483 e. The van der Waals surface area contributed by atoms with E-state index in [1.54, 1.807) is 6.26 Å². The summed E-state index contributed by atoms with van der Waals surface area (Å²) in [6, 6.07) is 2.76. The van der Waals surface area contributed by atoms with Crippen molar-refractivity contribution in [1.82, 2.24) is 29.3 Å². The number of sulfonamides is 1. The highest BCUT2D eigenvalue weighted by molar-refractivity contribution is 7.98. The van der Waals surface area contributed by atoms with Gasteiger partial charge in [-0.15, -0.1) is 5.10 Å². The molecule has 3 aromatic rings. The van der Waals surface area contributed by atoms with E-state index in [2.05, 4.69) is 20.3 Å². The molecule has 1 saturated heterocycles. The van der Waals surface area contributed by atoms with E-state index in [4.69, 9.17) is 4.74 Å². The maximum absolute atomic E-state index is 13.9. The average Bonchev–Trinajstić information content (AvgIpc) is 3.42. The van der Waals surface area contributed by atoms with Crippen LogP contribution < -0.4 is 15.2 Å². The molecule has 5 rings (SSSR count). The first-order valence-electron chi connectivity index (χ1n) is 12.4. The third-order valence-electron chi connectivity index (χ3n) is 6.67. The monoisotopic (exact) mass is 579 g/mol. The second-order valence-corrected chi connectivity index (χ2v) is 12.0. The van der Waals surface area contributed by atoms with Crippen LogP contribution in [0.25, 0.3) is 5.69 Å². The Morgan fingerprint density at radius 2 is 1.74 bits per heavy atom. The summed E-state index contributed by atoms with van der Waals surface area (Å²) in [6.45, 7) is 0.935. The number of nitrogens with zero attached hydrogens (tertiary/aromatic N) is 7. The Bertz CT molecular complexity index is 1490. The first-order valence-corrected chi connectivity index (χ1v) is 15.3. The standard InChI is InChI=1S/C24H27F2N7O4S2/c1-38-24-29-18(13-27-30-24)15-39(35,36)32-8-6-31(7-9-32)21-14-28-33(19-11-16(25)10-17(26)12-19)23(34)22(21)37-20-4-2-3-5-20/h10-14,20H,2-9,15H2,1H3. The molecule has 3 heterocycles. The number of hydrogen-bond acceptors (Lipinski definition) is 10. The summed E-state index contributed by atoms with van der Waals surface area (Å²) >= 11 is 1.27. The fraction of sp³-hybridized carbons (Fsp3) is 0.458. The zero-order valence-electron chi connectivity index (χ0n) is 21.2. The summed E-state index contributed by atoms with van der Waals surface area (Å²) in [5.41, 5.74) is 0.0349. The van der Waals surface area contributed by atoms with Gasteiger partial charge in [0.2, 0.25) is 20.9 Å². The maximum atomic E-state index is 13.9. The van der Waals surface area contributed by atoms with E-state index in [1.165, 1.54) is 28.5 Å². The average molecular weight is 580 g/mol. The Morgan fingerprint density at radius 3 is 2.41 bits per heavy atom. The molecule has 1 aliphatic heterocycles. The van der Waals surface area contributed by atoms with Crippen LogP contribution >= 0.6 is 11.8 Å². The normalized spacial score (nSPS) is 17.1. The lowest BCUT2D eigenvalue weighted by atomic mass is 10.2. The number of anilines is 1. The van der Waals surface area contributed by atoms with Gasteiger partial charge in [0, 0.05) is 32.2 Å². The number of halogens is 2. The number of benzene rings is 1. The molecule has 0 bridgehead atoms. The lowest BCUT2D eigenvalue weighted by Crippen LogP contribution is -2.49. The maximum Gasteiger partial charge on any atom is 0.316 e. The zero-order chi connectivity index (χ0) is 27.6. The van der Waals surface area contributed by atoms with E-state index < -0.39 is 27.2 Å². The van der Waals surface area contributed by atoms with Gasteiger partial charge in [-0.1, -0.05) is 11.8 Å². The fourth-order valence-corrected chi connectivity index (χ4v) is 6.50. The summed E-state index contributed by atoms with van der Waals surface area (Å²) in [5.74, 6) is -1.93. The third kappa shape index (κ3) is 6.20.